The molecule has 4 nitrogen and oxygen atoms in total. The Morgan fingerprint density at radius 3 is 2.33 bits per heavy atom. The first kappa shape index (κ1) is 17.0. The fraction of sp³-hybridized carbons (Fsp3) is 0.600. The van der Waals surface area contributed by atoms with Crippen molar-refractivity contribution in [1.82, 2.24) is 5.32 Å². The van der Waals surface area contributed by atoms with Crippen LogP contribution in [0.5, 0.6) is 0 Å². The quantitative estimate of drug-likeness (QED) is 0.918. The van der Waals surface area contributed by atoms with Gasteiger partial charge in [-0.25, -0.2) is 0 Å². The molecule has 2 unspecified atom stereocenters. The van der Waals surface area contributed by atoms with Crippen molar-refractivity contribution in [2.24, 2.45) is 11.8 Å². The van der Waals surface area contributed by atoms with E-state index in [2.05, 4.69) is 19.2 Å². The van der Waals surface area contributed by atoms with Gasteiger partial charge in [0, 0.05) is 30.3 Å². The number of nitrogens with one attached hydrogen (secondary N) is 1. The molecule has 0 spiro atoms. The van der Waals surface area contributed by atoms with Crippen molar-refractivity contribution in [3.8, 4) is 0 Å². The van der Waals surface area contributed by atoms with E-state index in [0.717, 1.165) is 25.1 Å². The van der Waals surface area contributed by atoms with Crippen LogP contribution in [0.2, 0.25) is 0 Å². The molecule has 0 radical (unpaired) electrons. The van der Waals surface area contributed by atoms with Gasteiger partial charge in [0.15, 0.2) is 0 Å². The van der Waals surface area contributed by atoms with Crippen molar-refractivity contribution in [3.05, 3.63) is 29.8 Å². The van der Waals surface area contributed by atoms with E-state index in [-0.39, 0.29) is 17.9 Å². The molecule has 4 heteroatoms. The molecular weight excluding hydrogens is 300 g/mol. The highest BCUT2D eigenvalue weighted by Gasteiger charge is 2.29. The molecule has 2 amide bonds. The number of rotatable bonds is 3. The van der Waals surface area contributed by atoms with Crippen LogP contribution in [0.15, 0.2) is 24.3 Å². The summed E-state index contributed by atoms with van der Waals surface area (Å²) in [6.45, 7) is 5.23. The highest BCUT2D eigenvalue weighted by Crippen LogP contribution is 2.29. The maximum absolute atomic E-state index is 12.6. The monoisotopic (exact) mass is 328 g/mol. The summed E-state index contributed by atoms with van der Waals surface area (Å²) in [7, 11) is 0. The van der Waals surface area contributed by atoms with Gasteiger partial charge in [-0.05, 0) is 61.8 Å². The maximum Gasteiger partial charge on any atom is 0.251 e. The molecule has 1 saturated heterocycles. The highest BCUT2D eigenvalue weighted by molar-refractivity contribution is 5.97. The number of carbonyl (C=O) groups excluding carboxylic acids is 2. The van der Waals surface area contributed by atoms with E-state index in [1.54, 1.807) is 0 Å². The number of piperidine rings is 1. The molecule has 1 heterocycles. The van der Waals surface area contributed by atoms with Crippen molar-refractivity contribution in [3.63, 3.8) is 0 Å². The lowest BCUT2D eigenvalue weighted by atomic mass is 9.78. The Morgan fingerprint density at radius 2 is 1.71 bits per heavy atom. The third kappa shape index (κ3) is 3.63. The highest BCUT2D eigenvalue weighted by atomic mass is 16.2. The van der Waals surface area contributed by atoms with Crippen LogP contribution in [-0.2, 0) is 4.79 Å². The summed E-state index contributed by atoms with van der Waals surface area (Å²) >= 11 is 0. The number of anilines is 1. The van der Waals surface area contributed by atoms with Gasteiger partial charge in [-0.15, -0.1) is 0 Å². The Hall–Kier alpha value is -1.84. The lowest BCUT2D eigenvalue weighted by molar-refractivity contribution is -0.119. The third-order valence-corrected chi connectivity index (χ3v) is 5.61. The summed E-state index contributed by atoms with van der Waals surface area (Å²) in [5.74, 6) is 1.24. The summed E-state index contributed by atoms with van der Waals surface area (Å²) < 4.78 is 0. The van der Waals surface area contributed by atoms with Gasteiger partial charge in [0.25, 0.3) is 5.91 Å². The molecule has 3 rings (SSSR count). The Kier molecular flexibility index (Phi) is 5.22. The first-order chi connectivity index (χ1) is 11.6. The Balaban J connectivity index is 1.66. The molecule has 1 aliphatic heterocycles. The fourth-order valence-electron chi connectivity index (χ4n) is 4.07. The van der Waals surface area contributed by atoms with Gasteiger partial charge in [-0.2, -0.15) is 0 Å². The molecular formula is C20H28N2O2. The van der Waals surface area contributed by atoms with Crippen LogP contribution in [0.3, 0.4) is 0 Å². The second-order valence-electron chi connectivity index (χ2n) is 7.43. The number of hydrogen-bond donors (Lipinski definition) is 1. The van der Waals surface area contributed by atoms with Gasteiger partial charge < -0.3 is 10.2 Å². The minimum Gasteiger partial charge on any atom is -0.349 e. The second kappa shape index (κ2) is 7.37. The van der Waals surface area contributed by atoms with E-state index in [1.807, 2.05) is 29.2 Å². The van der Waals surface area contributed by atoms with Crippen molar-refractivity contribution in [2.45, 2.75) is 58.4 Å². The van der Waals surface area contributed by atoms with Gasteiger partial charge >= 0.3 is 0 Å². The summed E-state index contributed by atoms with van der Waals surface area (Å²) in [6.07, 6.45) is 6.28. The van der Waals surface area contributed by atoms with Crippen molar-refractivity contribution in [1.29, 1.82) is 0 Å². The summed E-state index contributed by atoms with van der Waals surface area (Å²) in [5, 5.41) is 3.22. The van der Waals surface area contributed by atoms with Gasteiger partial charge in [-0.3, -0.25) is 9.59 Å². The molecule has 1 aliphatic carbocycles. The first-order valence-electron chi connectivity index (χ1n) is 9.27. The van der Waals surface area contributed by atoms with E-state index < -0.39 is 0 Å². The SMILES string of the molecule is CC1CCCC(C)C1NC(=O)c1ccc(N2CCCCC2=O)cc1. The van der Waals surface area contributed by atoms with Crippen molar-refractivity contribution in [2.75, 3.05) is 11.4 Å². The molecule has 1 N–H and O–H groups in total. The van der Waals surface area contributed by atoms with Crippen LogP contribution in [0.4, 0.5) is 5.69 Å². The van der Waals surface area contributed by atoms with E-state index >= 15 is 0 Å². The summed E-state index contributed by atoms with van der Waals surface area (Å²) in [4.78, 5) is 26.4. The molecule has 130 valence electrons. The largest absolute Gasteiger partial charge is 0.349 e. The van der Waals surface area contributed by atoms with E-state index in [9.17, 15) is 9.59 Å². The predicted molar refractivity (Wildman–Crippen MR) is 96.1 cm³/mol. The number of carbonyl (C=O) groups is 2. The second-order valence-corrected chi connectivity index (χ2v) is 7.43. The average molecular weight is 328 g/mol. The molecule has 2 atom stereocenters. The van der Waals surface area contributed by atoms with E-state index in [1.165, 1.54) is 19.3 Å². The molecule has 1 saturated carbocycles. The Labute approximate surface area is 144 Å². The number of hydrogen-bond acceptors (Lipinski definition) is 2. The number of nitrogens with zero attached hydrogens (tertiary/aromatic N) is 1. The molecule has 2 fully saturated rings. The summed E-state index contributed by atoms with van der Waals surface area (Å²) in [6, 6.07) is 7.72. The normalized spacial score (nSPS) is 27.8. The van der Waals surface area contributed by atoms with Crippen molar-refractivity contribution < 1.29 is 9.59 Å². The van der Waals surface area contributed by atoms with Gasteiger partial charge in [0.05, 0.1) is 0 Å². The predicted octanol–water partition coefficient (Wildman–Crippen LogP) is 3.76. The fourth-order valence-corrected chi connectivity index (χ4v) is 4.07. The van der Waals surface area contributed by atoms with E-state index in [0.29, 0.717) is 23.8 Å². The molecule has 0 bridgehead atoms. The van der Waals surface area contributed by atoms with Crippen LogP contribution >= 0.6 is 0 Å². The van der Waals surface area contributed by atoms with Crippen LogP contribution in [-0.4, -0.2) is 24.4 Å². The Morgan fingerprint density at radius 1 is 1.04 bits per heavy atom. The van der Waals surface area contributed by atoms with Gasteiger partial charge in [-0.1, -0.05) is 20.3 Å². The lowest BCUT2D eigenvalue weighted by Crippen LogP contribution is -2.45. The zero-order valence-electron chi connectivity index (χ0n) is 14.8. The Bertz CT molecular complexity index is 586. The minimum absolute atomic E-state index is 0.00267. The molecule has 0 aromatic heterocycles. The standard InChI is InChI=1S/C20H28N2O2/c1-14-6-5-7-15(2)19(14)21-20(24)16-9-11-17(12-10-16)22-13-4-3-8-18(22)23/h9-12,14-15,19H,3-8,13H2,1-2H3,(H,21,24). The average Bonchev–Trinajstić information content (AvgIpc) is 2.59. The summed E-state index contributed by atoms with van der Waals surface area (Å²) in [5.41, 5.74) is 1.57. The zero-order valence-corrected chi connectivity index (χ0v) is 14.8. The van der Waals surface area contributed by atoms with Crippen LogP contribution in [0.25, 0.3) is 0 Å². The molecule has 1 aromatic carbocycles. The molecule has 24 heavy (non-hydrogen) atoms. The lowest BCUT2D eigenvalue weighted by Gasteiger charge is -2.35. The zero-order chi connectivity index (χ0) is 17.1. The van der Waals surface area contributed by atoms with Crippen LogP contribution < -0.4 is 10.2 Å². The minimum atomic E-state index is -0.00267. The smallest absolute Gasteiger partial charge is 0.251 e. The molecule has 1 aromatic rings. The third-order valence-electron chi connectivity index (χ3n) is 5.61. The first-order valence-corrected chi connectivity index (χ1v) is 9.27. The molecule has 2 aliphatic rings. The number of amides is 2. The topological polar surface area (TPSA) is 49.4 Å². The van der Waals surface area contributed by atoms with Crippen molar-refractivity contribution >= 4 is 17.5 Å². The number of benzene rings is 1. The maximum atomic E-state index is 12.6. The van der Waals surface area contributed by atoms with Gasteiger partial charge in [0.2, 0.25) is 5.91 Å². The van der Waals surface area contributed by atoms with Crippen LogP contribution in [0, 0.1) is 11.8 Å². The van der Waals surface area contributed by atoms with Gasteiger partial charge in [0.1, 0.15) is 0 Å². The van der Waals surface area contributed by atoms with Crippen LogP contribution in [0.1, 0.15) is 62.7 Å². The van der Waals surface area contributed by atoms with E-state index in [4.69, 9.17) is 0 Å².